The normalized spacial score (nSPS) is 14.2. The van der Waals surface area contributed by atoms with Crippen LogP contribution in [0.2, 0.25) is 63.2 Å². The molecular weight excluding hydrogens is 264 g/mol. The van der Waals surface area contributed by atoms with E-state index in [9.17, 15) is 0 Å². The van der Waals surface area contributed by atoms with Crippen molar-refractivity contribution in [2.24, 2.45) is 0 Å². The molecular formula is C12H31ClSi3. The summed E-state index contributed by atoms with van der Waals surface area (Å²) in [7, 11) is -2.81. The van der Waals surface area contributed by atoms with E-state index in [2.05, 4.69) is 45.8 Å². The van der Waals surface area contributed by atoms with Gasteiger partial charge in [-0.1, -0.05) is 63.2 Å². The molecule has 4 heteroatoms. The minimum atomic E-state index is -1.00. The zero-order valence-electron chi connectivity index (χ0n) is 12.4. The van der Waals surface area contributed by atoms with Crippen molar-refractivity contribution < 1.29 is 0 Å². The van der Waals surface area contributed by atoms with E-state index in [1.807, 2.05) is 0 Å². The van der Waals surface area contributed by atoms with Crippen LogP contribution in [-0.2, 0) is 0 Å². The summed E-state index contributed by atoms with van der Waals surface area (Å²) in [4.78, 5) is 0. The summed E-state index contributed by atoms with van der Waals surface area (Å²) in [6.45, 7) is 17.8. The van der Waals surface area contributed by atoms with Crippen LogP contribution in [-0.4, -0.2) is 30.1 Å². The van der Waals surface area contributed by atoms with Crippen LogP contribution in [0.15, 0.2) is 0 Å². The molecule has 0 saturated carbocycles. The predicted octanol–water partition coefficient (Wildman–Crippen LogP) is 5.45. The Balaban J connectivity index is 4.61. The van der Waals surface area contributed by atoms with Crippen LogP contribution in [0.25, 0.3) is 0 Å². The van der Waals surface area contributed by atoms with Gasteiger partial charge in [-0.3, -0.25) is 0 Å². The highest BCUT2D eigenvalue weighted by Crippen LogP contribution is 2.32. The molecule has 0 aliphatic heterocycles. The molecule has 0 spiro atoms. The van der Waals surface area contributed by atoms with Crippen LogP contribution >= 0.6 is 11.6 Å². The van der Waals surface area contributed by atoms with Crippen LogP contribution in [0.4, 0.5) is 0 Å². The van der Waals surface area contributed by atoms with E-state index in [0.717, 1.165) is 5.88 Å². The SMILES string of the molecule is C[Si](C)(C)C[Si](C)(CCCCl)C[Si](C)(C)C. The van der Waals surface area contributed by atoms with E-state index in [4.69, 9.17) is 11.6 Å². The topological polar surface area (TPSA) is 0 Å². The molecule has 0 bridgehead atoms. The second-order valence-corrected chi connectivity index (χ2v) is 25.6. The second-order valence-electron chi connectivity index (χ2n) is 8.08. The first-order chi connectivity index (χ1) is 6.97. The summed E-state index contributed by atoms with van der Waals surface area (Å²) in [5, 5.41) is 0. The van der Waals surface area contributed by atoms with Crippen LogP contribution in [0.5, 0.6) is 0 Å². The maximum Gasteiger partial charge on any atom is 0.0452 e. The Morgan fingerprint density at radius 2 is 1.12 bits per heavy atom. The van der Waals surface area contributed by atoms with Gasteiger partial charge in [-0.15, -0.1) is 11.6 Å². The molecule has 0 aliphatic carbocycles. The smallest absolute Gasteiger partial charge is 0.0452 e. The lowest BCUT2D eigenvalue weighted by Gasteiger charge is -2.37. The lowest BCUT2D eigenvalue weighted by molar-refractivity contribution is 1.04. The molecule has 0 aliphatic rings. The van der Waals surface area contributed by atoms with Gasteiger partial charge in [0.05, 0.1) is 0 Å². The van der Waals surface area contributed by atoms with E-state index < -0.39 is 24.2 Å². The molecule has 0 heterocycles. The average molecular weight is 295 g/mol. The minimum Gasteiger partial charge on any atom is -0.127 e. The molecule has 0 amide bonds. The fourth-order valence-corrected chi connectivity index (χ4v) is 28.2. The molecule has 0 aromatic rings. The number of alkyl halides is 1. The van der Waals surface area contributed by atoms with Crippen molar-refractivity contribution in [1.82, 2.24) is 0 Å². The van der Waals surface area contributed by atoms with Crippen molar-refractivity contribution in [2.75, 3.05) is 5.88 Å². The summed E-state index contributed by atoms with van der Waals surface area (Å²) >= 11 is 5.89. The van der Waals surface area contributed by atoms with Crippen LogP contribution in [0.3, 0.4) is 0 Å². The summed E-state index contributed by atoms with van der Waals surface area (Å²) in [5.74, 6) is 0.861. The number of hydrogen-bond donors (Lipinski definition) is 0. The maximum absolute atomic E-state index is 5.89. The lowest BCUT2D eigenvalue weighted by atomic mass is 10.6. The van der Waals surface area contributed by atoms with Gasteiger partial charge in [-0.05, 0) is 6.42 Å². The zero-order chi connectivity index (χ0) is 13.0. The van der Waals surface area contributed by atoms with E-state index in [1.54, 1.807) is 11.3 Å². The average Bonchev–Trinajstić information content (AvgIpc) is 1.93. The molecule has 0 N–H and O–H groups in total. The Hall–Kier alpha value is 0.941. The Morgan fingerprint density at radius 3 is 1.38 bits per heavy atom. The molecule has 0 unspecified atom stereocenters. The van der Waals surface area contributed by atoms with Crippen LogP contribution in [0.1, 0.15) is 6.42 Å². The van der Waals surface area contributed by atoms with Gasteiger partial charge < -0.3 is 0 Å². The van der Waals surface area contributed by atoms with Crippen molar-refractivity contribution in [1.29, 1.82) is 0 Å². The van der Waals surface area contributed by atoms with Gasteiger partial charge in [-0.25, -0.2) is 0 Å². The summed E-state index contributed by atoms with van der Waals surface area (Å²) in [6, 6.07) is 1.46. The van der Waals surface area contributed by atoms with Crippen LogP contribution < -0.4 is 0 Å². The van der Waals surface area contributed by atoms with Crippen molar-refractivity contribution >= 4 is 35.8 Å². The minimum absolute atomic E-state index is 0.861. The highest BCUT2D eigenvalue weighted by atomic mass is 35.5. The number of halogens is 1. The Labute approximate surface area is 111 Å². The third-order valence-electron chi connectivity index (χ3n) is 2.83. The third-order valence-corrected chi connectivity index (χ3v) is 20.0. The molecule has 0 radical (unpaired) electrons. The molecule has 0 atom stereocenters. The van der Waals surface area contributed by atoms with Crippen molar-refractivity contribution in [3.63, 3.8) is 0 Å². The van der Waals surface area contributed by atoms with Crippen molar-refractivity contribution in [3.8, 4) is 0 Å². The second kappa shape index (κ2) is 6.21. The number of hydrogen-bond acceptors (Lipinski definition) is 0. The molecule has 16 heavy (non-hydrogen) atoms. The summed E-state index contributed by atoms with van der Waals surface area (Å²) in [6.07, 6.45) is 1.25. The Morgan fingerprint density at radius 1 is 0.750 bits per heavy atom. The molecule has 0 rings (SSSR count). The van der Waals surface area contributed by atoms with Crippen molar-refractivity contribution in [2.45, 2.75) is 69.6 Å². The monoisotopic (exact) mass is 294 g/mol. The third kappa shape index (κ3) is 9.02. The molecule has 0 nitrogen and oxygen atoms in total. The van der Waals surface area contributed by atoms with Gasteiger partial charge in [0.15, 0.2) is 0 Å². The van der Waals surface area contributed by atoms with Gasteiger partial charge >= 0.3 is 0 Å². The largest absolute Gasteiger partial charge is 0.127 e. The molecule has 98 valence electrons. The first-order valence-corrected chi connectivity index (χ1v) is 17.6. The predicted molar refractivity (Wildman–Crippen MR) is 88.1 cm³/mol. The molecule has 0 aromatic heterocycles. The van der Waals surface area contributed by atoms with E-state index >= 15 is 0 Å². The summed E-state index contributed by atoms with van der Waals surface area (Å²) in [5.41, 5.74) is 3.20. The van der Waals surface area contributed by atoms with Crippen molar-refractivity contribution in [3.05, 3.63) is 0 Å². The molecule has 0 saturated heterocycles. The van der Waals surface area contributed by atoms with E-state index in [-0.39, 0.29) is 0 Å². The van der Waals surface area contributed by atoms with Gasteiger partial charge in [0.1, 0.15) is 0 Å². The van der Waals surface area contributed by atoms with E-state index in [1.165, 1.54) is 12.5 Å². The van der Waals surface area contributed by atoms with E-state index in [0.29, 0.717) is 0 Å². The van der Waals surface area contributed by atoms with Gasteiger partial charge in [0.25, 0.3) is 0 Å². The zero-order valence-corrected chi connectivity index (χ0v) is 16.2. The van der Waals surface area contributed by atoms with Gasteiger partial charge in [-0.2, -0.15) is 0 Å². The number of rotatable bonds is 7. The molecule has 0 aromatic carbocycles. The fraction of sp³-hybridized carbons (Fsp3) is 1.00. The standard InChI is InChI=1S/C12H31ClSi3/c1-14(2,3)11-16(7,10-8-9-13)12-15(4,5)6/h8-12H2,1-7H3. The van der Waals surface area contributed by atoms with Gasteiger partial charge in [0.2, 0.25) is 0 Å². The lowest BCUT2D eigenvalue weighted by Crippen LogP contribution is -2.45. The first kappa shape index (κ1) is 16.9. The van der Waals surface area contributed by atoms with Crippen LogP contribution in [0, 0.1) is 0 Å². The van der Waals surface area contributed by atoms with Gasteiger partial charge in [0, 0.05) is 30.1 Å². The maximum atomic E-state index is 5.89. The Kier molecular flexibility index (Phi) is 6.57. The first-order valence-electron chi connectivity index (χ1n) is 6.54. The fourth-order valence-electron chi connectivity index (χ4n) is 3.29. The highest BCUT2D eigenvalue weighted by molar-refractivity contribution is 7.02. The highest BCUT2D eigenvalue weighted by Gasteiger charge is 2.36. The molecule has 0 fully saturated rings. The summed E-state index contributed by atoms with van der Waals surface area (Å²) < 4.78 is 0. The Bertz CT molecular complexity index is 187. The quantitative estimate of drug-likeness (QED) is 0.433.